The molecule has 0 aromatic carbocycles. The molecule has 8 atom stereocenters. The predicted molar refractivity (Wildman–Crippen MR) is 106 cm³/mol. The summed E-state index contributed by atoms with van der Waals surface area (Å²) >= 11 is 0. The van der Waals surface area contributed by atoms with E-state index in [2.05, 4.69) is 27.7 Å². The van der Waals surface area contributed by atoms with Crippen LogP contribution in [0.1, 0.15) is 98.8 Å². The van der Waals surface area contributed by atoms with E-state index < -0.39 is 0 Å². The average Bonchev–Trinajstić information content (AvgIpc) is 2.87. The van der Waals surface area contributed by atoms with Crippen molar-refractivity contribution in [3.8, 4) is 0 Å². The van der Waals surface area contributed by atoms with Crippen molar-refractivity contribution >= 4 is 5.97 Å². The van der Waals surface area contributed by atoms with E-state index in [-0.39, 0.29) is 17.0 Å². The first kappa shape index (κ1) is 18.8. The lowest BCUT2D eigenvalue weighted by atomic mass is 9.42. The summed E-state index contributed by atoms with van der Waals surface area (Å²) in [5.41, 5.74) is 0.551. The molecule has 2 heteroatoms. The van der Waals surface area contributed by atoms with E-state index >= 15 is 0 Å². The normalized spacial score (nSPS) is 53.3. The second-order valence-electron chi connectivity index (χ2n) is 10.9. The van der Waals surface area contributed by atoms with Crippen LogP contribution in [0.4, 0.5) is 0 Å². The molecule has 0 amide bonds. The minimum atomic E-state index is -0.206. The highest BCUT2D eigenvalue weighted by atomic mass is 16.6. The molecule has 148 valence electrons. The van der Waals surface area contributed by atoms with Gasteiger partial charge in [-0.25, -0.2) is 0 Å². The van der Waals surface area contributed by atoms with Gasteiger partial charge in [0.15, 0.2) is 0 Å². The molecule has 0 aromatic rings. The van der Waals surface area contributed by atoms with E-state index in [9.17, 15) is 4.79 Å². The van der Waals surface area contributed by atoms with Crippen LogP contribution in [0.15, 0.2) is 0 Å². The van der Waals surface area contributed by atoms with E-state index in [1.54, 1.807) is 6.92 Å². The third-order valence-electron chi connectivity index (χ3n) is 10.1. The first-order valence-corrected chi connectivity index (χ1v) is 11.5. The fourth-order valence-corrected chi connectivity index (χ4v) is 9.00. The molecule has 4 fully saturated rings. The van der Waals surface area contributed by atoms with Crippen molar-refractivity contribution in [2.24, 2.45) is 40.4 Å². The first-order chi connectivity index (χ1) is 12.3. The highest BCUT2D eigenvalue weighted by molar-refractivity contribution is 5.66. The molecule has 4 aliphatic rings. The lowest BCUT2D eigenvalue weighted by molar-refractivity contribution is -0.191. The largest absolute Gasteiger partial charge is 0.459 e. The van der Waals surface area contributed by atoms with Gasteiger partial charge >= 0.3 is 5.97 Å². The Morgan fingerprint density at radius 2 is 1.73 bits per heavy atom. The molecule has 0 aliphatic heterocycles. The van der Waals surface area contributed by atoms with Gasteiger partial charge in [-0.2, -0.15) is 0 Å². The van der Waals surface area contributed by atoms with Gasteiger partial charge in [0.25, 0.3) is 0 Å². The summed E-state index contributed by atoms with van der Waals surface area (Å²) in [7, 11) is 0. The Morgan fingerprint density at radius 1 is 1.00 bits per heavy atom. The number of rotatable bonds is 2. The minimum absolute atomic E-state index is 0.0767. The zero-order valence-corrected chi connectivity index (χ0v) is 17.8. The Balaban J connectivity index is 1.67. The summed E-state index contributed by atoms with van der Waals surface area (Å²) in [5, 5.41) is 0. The van der Waals surface area contributed by atoms with Gasteiger partial charge in [-0.1, -0.05) is 40.5 Å². The van der Waals surface area contributed by atoms with Crippen LogP contribution in [0.25, 0.3) is 0 Å². The van der Waals surface area contributed by atoms with Crippen molar-refractivity contribution in [2.45, 2.75) is 104 Å². The minimum Gasteiger partial charge on any atom is -0.459 e. The van der Waals surface area contributed by atoms with Crippen molar-refractivity contribution in [1.29, 1.82) is 0 Å². The van der Waals surface area contributed by atoms with E-state index in [0.29, 0.717) is 5.41 Å². The standard InChI is InChI=1S/C24H40O2/c1-6-24(26-17(3)25)14-11-21-18-15-16(2)19-9-7-8-12-22(19,4)20(18)10-13-23(21,24)5/h16,18-21H,6-15H2,1-5H3/t16?,18-,19?,20+,21+,22+,23+,24-/m1/s1. The van der Waals surface area contributed by atoms with E-state index in [0.717, 1.165) is 42.4 Å². The lowest BCUT2D eigenvalue weighted by Crippen LogP contribution is -2.58. The van der Waals surface area contributed by atoms with Crippen molar-refractivity contribution in [3.05, 3.63) is 0 Å². The molecule has 0 bridgehead atoms. The second kappa shape index (κ2) is 6.24. The smallest absolute Gasteiger partial charge is 0.303 e. The van der Waals surface area contributed by atoms with Crippen LogP contribution in [0.3, 0.4) is 0 Å². The third kappa shape index (κ3) is 2.39. The summed E-state index contributed by atoms with van der Waals surface area (Å²) in [4.78, 5) is 11.9. The zero-order valence-electron chi connectivity index (χ0n) is 17.8. The van der Waals surface area contributed by atoms with Gasteiger partial charge in [-0.3, -0.25) is 4.79 Å². The molecule has 4 saturated carbocycles. The summed E-state index contributed by atoms with van der Waals surface area (Å²) in [6.45, 7) is 11.5. The maximum absolute atomic E-state index is 11.9. The van der Waals surface area contributed by atoms with Crippen LogP contribution in [0.2, 0.25) is 0 Å². The van der Waals surface area contributed by atoms with Crippen molar-refractivity contribution in [3.63, 3.8) is 0 Å². The van der Waals surface area contributed by atoms with E-state index in [4.69, 9.17) is 4.74 Å². The van der Waals surface area contributed by atoms with Crippen molar-refractivity contribution in [2.75, 3.05) is 0 Å². The third-order valence-corrected chi connectivity index (χ3v) is 10.1. The Kier molecular flexibility index (Phi) is 4.52. The van der Waals surface area contributed by atoms with Crippen LogP contribution >= 0.6 is 0 Å². The molecule has 0 N–H and O–H groups in total. The quantitative estimate of drug-likeness (QED) is 0.534. The molecule has 0 heterocycles. The summed E-state index contributed by atoms with van der Waals surface area (Å²) in [6, 6.07) is 0. The molecule has 26 heavy (non-hydrogen) atoms. The Labute approximate surface area is 160 Å². The van der Waals surface area contributed by atoms with Gasteiger partial charge in [-0.05, 0) is 86.4 Å². The number of hydrogen-bond donors (Lipinski definition) is 0. The monoisotopic (exact) mass is 360 g/mol. The number of fused-ring (bicyclic) bond motifs is 5. The SMILES string of the molecule is CC[C@@]1(OC(C)=O)CC[C@H]2[C@@H]3CC(C)C4CCCC[C@]4(C)[C@H]3CC[C@@]21C. The summed E-state index contributed by atoms with van der Waals surface area (Å²) in [6.07, 6.45) is 13.2. The highest BCUT2D eigenvalue weighted by Gasteiger charge is 2.66. The van der Waals surface area contributed by atoms with Gasteiger partial charge < -0.3 is 4.74 Å². The van der Waals surface area contributed by atoms with Crippen LogP contribution in [0, 0.1) is 40.4 Å². The molecule has 4 rings (SSSR count). The fraction of sp³-hybridized carbons (Fsp3) is 0.958. The first-order valence-electron chi connectivity index (χ1n) is 11.5. The van der Waals surface area contributed by atoms with E-state index in [1.165, 1.54) is 51.4 Å². The van der Waals surface area contributed by atoms with Crippen molar-refractivity contribution < 1.29 is 9.53 Å². The highest BCUT2D eigenvalue weighted by Crippen LogP contribution is 2.70. The van der Waals surface area contributed by atoms with Gasteiger partial charge in [0.2, 0.25) is 0 Å². The Bertz CT molecular complexity index is 571. The molecular weight excluding hydrogens is 320 g/mol. The number of carbonyl (C=O) groups is 1. The maximum Gasteiger partial charge on any atom is 0.303 e. The molecule has 0 saturated heterocycles. The fourth-order valence-electron chi connectivity index (χ4n) is 9.00. The molecule has 0 radical (unpaired) electrons. The average molecular weight is 361 g/mol. The van der Waals surface area contributed by atoms with Gasteiger partial charge in [0.1, 0.15) is 5.60 Å². The van der Waals surface area contributed by atoms with E-state index in [1.807, 2.05) is 0 Å². The summed E-state index contributed by atoms with van der Waals surface area (Å²) in [5.74, 6) is 4.26. The predicted octanol–water partition coefficient (Wildman–Crippen LogP) is 6.38. The van der Waals surface area contributed by atoms with Crippen LogP contribution < -0.4 is 0 Å². The van der Waals surface area contributed by atoms with Gasteiger partial charge in [0, 0.05) is 12.3 Å². The van der Waals surface area contributed by atoms with Crippen LogP contribution in [-0.4, -0.2) is 11.6 Å². The summed E-state index contributed by atoms with van der Waals surface area (Å²) < 4.78 is 6.12. The molecule has 4 aliphatic carbocycles. The molecule has 0 spiro atoms. The Morgan fingerprint density at radius 3 is 2.42 bits per heavy atom. The molecule has 0 aromatic heterocycles. The number of hydrogen-bond acceptors (Lipinski definition) is 2. The van der Waals surface area contributed by atoms with Crippen LogP contribution in [-0.2, 0) is 9.53 Å². The molecule has 2 nitrogen and oxygen atoms in total. The molecular formula is C24H40O2. The van der Waals surface area contributed by atoms with Crippen LogP contribution in [0.5, 0.6) is 0 Å². The maximum atomic E-state index is 11.9. The topological polar surface area (TPSA) is 26.3 Å². The molecule has 2 unspecified atom stereocenters. The second-order valence-corrected chi connectivity index (χ2v) is 10.9. The number of ether oxygens (including phenoxy) is 1. The number of esters is 1. The number of carbonyl (C=O) groups excluding carboxylic acids is 1. The van der Waals surface area contributed by atoms with Gasteiger partial charge in [0.05, 0.1) is 0 Å². The Hall–Kier alpha value is -0.530. The zero-order chi connectivity index (χ0) is 18.7. The van der Waals surface area contributed by atoms with Gasteiger partial charge in [-0.15, -0.1) is 0 Å². The lowest BCUT2D eigenvalue weighted by Gasteiger charge is -2.63. The van der Waals surface area contributed by atoms with Crippen molar-refractivity contribution in [1.82, 2.24) is 0 Å².